The Labute approximate surface area is 192 Å². The first-order valence-corrected chi connectivity index (χ1v) is 10.2. The van der Waals surface area contributed by atoms with E-state index in [1.165, 1.54) is 48.8 Å². The third-order valence-corrected chi connectivity index (χ3v) is 5.69. The van der Waals surface area contributed by atoms with Crippen molar-refractivity contribution >= 4 is 52.3 Å². The van der Waals surface area contributed by atoms with Gasteiger partial charge in [-0.2, -0.15) is 0 Å². The summed E-state index contributed by atoms with van der Waals surface area (Å²) >= 11 is 11.8. The van der Waals surface area contributed by atoms with E-state index in [1.807, 2.05) is 0 Å². The summed E-state index contributed by atoms with van der Waals surface area (Å²) in [5.74, 6) is -5.05. The van der Waals surface area contributed by atoms with E-state index in [0.717, 1.165) is 0 Å². The molecule has 9 heteroatoms. The first-order valence-electron chi connectivity index (χ1n) is 9.41. The number of Topliss-reactive ketones (excluding diaryl/α,β-unsaturated/α-hetero) is 2. The van der Waals surface area contributed by atoms with Gasteiger partial charge in [0.1, 0.15) is 12.0 Å². The summed E-state index contributed by atoms with van der Waals surface area (Å²) in [6.07, 6.45) is 1.53. The molecule has 2 aromatic carbocycles. The van der Waals surface area contributed by atoms with Gasteiger partial charge in [-0.25, -0.2) is 4.79 Å². The zero-order valence-corrected chi connectivity index (χ0v) is 17.8. The predicted octanol–water partition coefficient (Wildman–Crippen LogP) is 4.31. The van der Waals surface area contributed by atoms with Gasteiger partial charge in [-0.3, -0.25) is 19.4 Å². The van der Waals surface area contributed by atoms with Crippen LogP contribution in [-0.2, 0) is 14.3 Å². The Morgan fingerprint density at radius 3 is 2.41 bits per heavy atom. The van der Waals surface area contributed by atoms with Crippen molar-refractivity contribution < 1.29 is 23.9 Å². The number of hydrogen-bond donors (Lipinski definition) is 1. The highest BCUT2D eigenvalue weighted by Crippen LogP contribution is 2.38. The minimum Gasteiger partial charge on any atom is -0.453 e. The van der Waals surface area contributed by atoms with Gasteiger partial charge in [0, 0.05) is 29.2 Å². The van der Waals surface area contributed by atoms with E-state index in [4.69, 9.17) is 27.9 Å². The lowest BCUT2D eigenvalue weighted by Gasteiger charge is -2.21. The zero-order chi connectivity index (χ0) is 22.8. The summed E-state index contributed by atoms with van der Waals surface area (Å²) in [5, 5.41) is 2.87. The molecule has 1 aromatic heterocycles. The number of halogens is 2. The van der Waals surface area contributed by atoms with Gasteiger partial charge < -0.3 is 10.1 Å². The fraction of sp³-hybridized carbons (Fsp3) is 0.0870. The van der Waals surface area contributed by atoms with Crippen LogP contribution in [0.1, 0.15) is 32.4 Å². The zero-order valence-electron chi connectivity index (χ0n) is 16.2. The highest BCUT2D eigenvalue weighted by Gasteiger charge is 2.46. The van der Waals surface area contributed by atoms with Crippen LogP contribution in [0.5, 0.6) is 0 Å². The average Bonchev–Trinajstić information content (AvgIpc) is 3.13. The van der Waals surface area contributed by atoms with E-state index in [0.29, 0.717) is 5.56 Å². The number of nitrogens with zero attached hydrogens (tertiary/aromatic N) is 1. The van der Waals surface area contributed by atoms with Gasteiger partial charge in [-0.1, -0.05) is 41.4 Å². The molecule has 2 atom stereocenters. The molecule has 3 aromatic rings. The number of hydrogen-bond acceptors (Lipinski definition) is 6. The SMILES string of the molecule is O=C(Nc1ccc(Cl)c(Cl)c1)C(=O)[C@@H](C(=O)c1ccncc1)[C@@H]1OC(=O)c2ccccc21. The molecule has 0 bridgehead atoms. The quantitative estimate of drug-likeness (QED) is 0.250. The predicted molar refractivity (Wildman–Crippen MR) is 117 cm³/mol. The van der Waals surface area contributed by atoms with Crippen LogP contribution in [0.3, 0.4) is 0 Å². The molecule has 0 unspecified atom stereocenters. The molecule has 1 N–H and O–H groups in total. The molecule has 0 saturated heterocycles. The Kier molecular flexibility index (Phi) is 6.03. The average molecular weight is 469 g/mol. The van der Waals surface area contributed by atoms with Crippen molar-refractivity contribution in [2.45, 2.75) is 6.10 Å². The minimum atomic E-state index is -1.59. The summed E-state index contributed by atoms with van der Waals surface area (Å²) in [6, 6.07) is 13.5. The first kappa shape index (κ1) is 21.7. The topological polar surface area (TPSA) is 102 Å². The molecule has 0 spiro atoms. The Balaban J connectivity index is 1.70. The third-order valence-electron chi connectivity index (χ3n) is 4.96. The summed E-state index contributed by atoms with van der Waals surface area (Å²) in [4.78, 5) is 55.5. The fourth-order valence-electron chi connectivity index (χ4n) is 3.42. The maximum Gasteiger partial charge on any atom is 0.339 e. The van der Waals surface area contributed by atoms with E-state index < -0.39 is 35.5 Å². The molecule has 0 fully saturated rings. The third kappa shape index (κ3) is 4.12. The van der Waals surface area contributed by atoms with E-state index >= 15 is 0 Å². The van der Waals surface area contributed by atoms with E-state index in [2.05, 4.69) is 10.3 Å². The van der Waals surface area contributed by atoms with Crippen molar-refractivity contribution in [3.63, 3.8) is 0 Å². The molecule has 0 saturated carbocycles. The van der Waals surface area contributed by atoms with E-state index in [1.54, 1.807) is 18.2 Å². The lowest BCUT2D eigenvalue weighted by atomic mass is 9.85. The largest absolute Gasteiger partial charge is 0.453 e. The molecule has 0 aliphatic carbocycles. The minimum absolute atomic E-state index is 0.154. The van der Waals surface area contributed by atoms with Crippen LogP contribution >= 0.6 is 23.2 Å². The Bertz CT molecular complexity index is 1250. The number of esters is 1. The molecule has 1 amide bonds. The number of anilines is 1. The van der Waals surface area contributed by atoms with Crippen molar-refractivity contribution in [2.24, 2.45) is 5.92 Å². The Morgan fingerprint density at radius 2 is 1.69 bits per heavy atom. The number of nitrogens with one attached hydrogen (secondary N) is 1. The highest BCUT2D eigenvalue weighted by atomic mass is 35.5. The van der Waals surface area contributed by atoms with Crippen LogP contribution in [0.2, 0.25) is 10.0 Å². The Morgan fingerprint density at radius 1 is 0.969 bits per heavy atom. The van der Waals surface area contributed by atoms with Crippen molar-refractivity contribution in [3.8, 4) is 0 Å². The number of aromatic nitrogens is 1. The Hall–Kier alpha value is -3.55. The molecule has 4 rings (SSSR count). The molecule has 7 nitrogen and oxygen atoms in total. The number of fused-ring (bicyclic) bond motifs is 1. The van der Waals surface area contributed by atoms with Crippen LogP contribution in [0.15, 0.2) is 67.0 Å². The van der Waals surface area contributed by atoms with Gasteiger partial charge in [-0.15, -0.1) is 0 Å². The number of carbonyl (C=O) groups is 4. The molecule has 1 aliphatic heterocycles. The second kappa shape index (κ2) is 8.90. The van der Waals surface area contributed by atoms with Crippen LogP contribution in [0, 0.1) is 5.92 Å². The van der Waals surface area contributed by atoms with Gasteiger partial charge in [0.2, 0.25) is 5.78 Å². The number of cyclic esters (lactones) is 1. The lowest BCUT2D eigenvalue weighted by molar-refractivity contribution is -0.138. The van der Waals surface area contributed by atoms with Crippen LogP contribution in [-0.4, -0.2) is 28.4 Å². The summed E-state index contributed by atoms with van der Waals surface area (Å²) < 4.78 is 5.38. The summed E-state index contributed by atoms with van der Waals surface area (Å²) in [5.41, 5.74) is 0.973. The van der Waals surface area contributed by atoms with E-state index in [-0.39, 0.29) is 26.9 Å². The van der Waals surface area contributed by atoms with Gasteiger partial charge in [0.05, 0.1) is 15.6 Å². The second-order valence-electron chi connectivity index (χ2n) is 6.94. The highest BCUT2D eigenvalue weighted by molar-refractivity contribution is 6.46. The molecule has 0 radical (unpaired) electrons. The molecule has 160 valence electrons. The molecule has 1 aliphatic rings. The smallest absolute Gasteiger partial charge is 0.339 e. The maximum atomic E-state index is 13.3. The number of ether oxygens (including phenoxy) is 1. The van der Waals surface area contributed by atoms with Crippen molar-refractivity contribution in [3.05, 3.63) is 93.7 Å². The molecule has 32 heavy (non-hydrogen) atoms. The van der Waals surface area contributed by atoms with Gasteiger partial charge >= 0.3 is 5.97 Å². The molecular weight excluding hydrogens is 455 g/mol. The van der Waals surface area contributed by atoms with Crippen molar-refractivity contribution in [1.29, 1.82) is 0 Å². The molecular formula is C23H14Cl2N2O5. The second-order valence-corrected chi connectivity index (χ2v) is 7.75. The van der Waals surface area contributed by atoms with Crippen LogP contribution < -0.4 is 5.32 Å². The number of ketones is 2. The summed E-state index contributed by atoms with van der Waals surface area (Å²) in [7, 11) is 0. The number of benzene rings is 2. The van der Waals surface area contributed by atoms with Gasteiger partial charge in [0.15, 0.2) is 5.78 Å². The number of pyridine rings is 1. The number of carbonyl (C=O) groups excluding carboxylic acids is 4. The van der Waals surface area contributed by atoms with Crippen LogP contribution in [0.25, 0.3) is 0 Å². The van der Waals surface area contributed by atoms with Gasteiger partial charge in [0.25, 0.3) is 5.91 Å². The lowest BCUT2D eigenvalue weighted by Crippen LogP contribution is -2.38. The fourth-order valence-corrected chi connectivity index (χ4v) is 3.72. The van der Waals surface area contributed by atoms with E-state index in [9.17, 15) is 19.2 Å². The van der Waals surface area contributed by atoms with Gasteiger partial charge in [-0.05, 0) is 36.4 Å². The first-order chi connectivity index (χ1) is 15.4. The standard InChI is InChI=1S/C23H14Cl2N2O5/c24-16-6-5-13(11-17(16)25)27-22(30)20(29)18(19(28)12-7-9-26-10-8-12)21-14-3-1-2-4-15(14)23(31)32-21/h1-11,18,21H,(H,27,30)/t18-,21-/m1/s1. The normalized spacial score (nSPS) is 15.4. The number of amides is 1. The summed E-state index contributed by atoms with van der Waals surface area (Å²) in [6.45, 7) is 0. The number of rotatable bonds is 6. The van der Waals surface area contributed by atoms with Crippen LogP contribution in [0.4, 0.5) is 5.69 Å². The monoisotopic (exact) mass is 468 g/mol. The molecule has 2 heterocycles. The van der Waals surface area contributed by atoms with Crippen molar-refractivity contribution in [1.82, 2.24) is 4.98 Å². The maximum absolute atomic E-state index is 13.3. The van der Waals surface area contributed by atoms with Crippen molar-refractivity contribution in [2.75, 3.05) is 5.32 Å².